The maximum absolute atomic E-state index is 11.7. The highest BCUT2D eigenvalue weighted by Gasteiger charge is 2.38. The molecule has 0 radical (unpaired) electrons. The van der Waals surface area contributed by atoms with E-state index < -0.39 is 10.0 Å². The Morgan fingerprint density at radius 2 is 1.88 bits per heavy atom. The van der Waals surface area contributed by atoms with Crippen LogP contribution in [0.15, 0.2) is 64.0 Å². The molecule has 1 heterocycles. The third-order valence-corrected chi connectivity index (χ3v) is 6.33. The summed E-state index contributed by atoms with van der Waals surface area (Å²) in [4.78, 5) is 0.171. The maximum Gasteiger partial charge on any atom is 0.238 e. The van der Waals surface area contributed by atoms with Crippen molar-refractivity contribution in [3.05, 3.63) is 70.2 Å². The second-order valence-corrected chi connectivity index (χ2v) is 8.80. The molecule has 0 amide bonds. The average Bonchev–Trinajstić information content (AvgIpc) is 3.03. The number of nitrogens with one attached hydrogen (secondary N) is 1. The van der Waals surface area contributed by atoms with E-state index in [9.17, 15) is 8.42 Å². The van der Waals surface area contributed by atoms with E-state index in [1.54, 1.807) is 12.1 Å². The normalized spacial score (nSPS) is 25.0. The molecular formula is C18H17BrN2O2S. The second-order valence-electron chi connectivity index (χ2n) is 6.32. The van der Waals surface area contributed by atoms with Gasteiger partial charge in [0.05, 0.1) is 10.9 Å². The lowest BCUT2D eigenvalue weighted by Crippen LogP contribution is -2.29. The Morgan fingerprint density at radius 1 is 1.12 bits per heavy atom. The van der Waals surface area contributed by atoms with Crippen molar-refractivity contribution in [2.75, 3.05) is 5.32 Å². The fraction of sp³-hybridized carbons (Fsp3) is 0.222. The van der Waals surface area contributed by atoms with Gasteiger partial charge < -0.3 is 5.32 Å². The topological polar surface area (TPSA) is 72.2 Å². The number of anilines is 1. The lowest BCUT2D eigenvalue weighted by Gasteiger charge is -2.37. The van der Waals surface area contributed by atoms with Crippen molar-refractivity contribution in [2.24, 2.45) is 11.1 Å². The van der Waals surface area contributed by atoms with E-state index in [1.165, 1.54) is 5.56 Å². The van der Waals surface area contributed by atoms with Gasteiger partial charge in [-0.05, 0) is 53.8 Å². The molecule has 3 atom stereocenters. The predicted molar refractivity (Wildman–Crippen MR) is 98.3 cm³/mol. The zero-order valence-electron chi connectivity index (χ0n) is 12.8. The average molecular weight is 405 g/mol. The molecule has 1 aliphatic heterocycles. The van der Waals surface area contributed by atoms with Gasteiger partial charge in [0.2, 0.25) is 10.0 Å². The molecule has 6 heteroatoms. The predicted octanol–water partition coefficient (Wildman–Crippen LogP) is 3.92. The largest absolute Gasteiger partial charge is 0.378 e. The molecule has 2 aliphatic rings. The van der Waals surface area contributed by atoms with Gasteiger partial charge in [-0.1, -0.05) is 40.2 Å². The fourth-order valence-electron chi connectivity index (χ4n) is 3.75. The summed E-state index contributed by atoms with van der Waals surface area (Å²) in [5.74, 6) is 0.575. The van der Waals surface area contributed by atoms with E-state index in [-0.39, 0.29) is 16.9 Å². The van der Waals surface area contributed by atoms with Crippen LogP contribution >= 0.6 is 15.9 Å². The summed E-state index contributed by atoms with van der Waals surface area (Å²) in [5, 5.41) is 8.88. The number of benzene rings is 2. The number of primary sulfonamides is 1. The van der Waals surface area contributed by atoms with Crippen molar-refractivity contribution >= 4 is 31.6 Å². The van der Waals surface area contributed by atoms with Crippen LogP contribution in [0.3, 0.4) is 0 Å². The summed E-state index contributed by atoms with van der Waals surface area (Å²) in [6.45, 7) is 0. The smallest absolute Gasteiger partial charge is 0.238 e. The molecule has 0 aromatic heterocycles. The van der Waals surface area contributed by atoms with E-state index in [0.717, 1.165) is 22.1 Å². The Balaban J connectivity index is 1.79. The number of hydrogen-bond donors (Lipinski definition) is 2. The van der Waals surface area contributed by atoms with Crippen LogP contribution in [0.4, 0.5) is 5.69 Å². The van der Waals surface area contributed by atoms with Crippen LogP contribution in [0.2, 0.25) is 0 Å². The zero-order valence-corrected chi connectivity index (χ0v) is 15.2. The molecule has 24 heavy (non-hydrogen) atoms. The van der Waals surface area contributed by atoms with Crippen molar-refractivity contribution in [2.45, 2.75) is 23.3 Å². The van der Waals surface area contributed by atoms with Gasteiger partial charge in [-0.2, -0.15) is 0 Å². The van der Waals surface area contributed by atoms with Crippen molar-refractivity contribution in [1.29, 1.82) is 0 Å². The SMILES string of the molecule is NS(=O)(=O)c1ccc2c(c1)[C@@H]1C=CC[C@H]1[C@H](c1ccc(Br)cc1)N2. The summed E-state index contributed by atoms with van der Waals surface area (Å²) in [5.41, 5.74) is 3.22. The van der Waals surface area contributed by atoms with Crippen LogP contribution < -0.4 is 10.5 Å². The standard InChI is InChI=1S/C18H17BrN2O2S/c19-12-6-4-11(5-7-12)18-15-3-1-2-14(15)16-10-13(24(20,22)23)8-9-17(16)21-18/h1-2,4-10,14-15,18,21H,3H2,(H2,20,22,23)/t14-,15-,18+/m1/s1. The third kappa shape index (κ3) is 2.68. The van der Waals surface area contributed by atoms with Gasteiger partial charge in [-0.3, -0.25) is 0 Å². The van der Waals surface area contributed by atoms with Crippen molar-refractivity contribution in [3.63, 3.8) is 0 Å². The summed E-state index contributed by atoms with van der Waals surface area (Å²) >= 11 is 3.48. The molecule has 0 saturated carbocycles. The molecule has 0 bridgehead atoms. The first-order valence-electron chi connectivity index (χ1n) is 7.79. The first-order valence-corrected chi connectivity index (χ1v) is 10.1. The number of rotatable bonds is 2. The van der Waals surface area contributed by atoms with Crippen LogP contribution in [-0.2, 0) is 10.0 Å². The Morgan fingerprint density at radius 3 is 2.58 bits per heavy atom. The molecule has 3 N–H and O–H groups in total. The minimum Gasteiger partial charge on any atom is -0.378 e. The van der Waals surface area contributed by atoms with Gasteiger partial charge in [0.15, 0.2) is 0 Å². The highest BCUT2D eigenvalue weighted by atomic mass is 79.9. The molecule has 4 nitrogen and oxygen atoms in total. The Bertz CT molecular complexity index is 923. The molecule has 1 aliphatic carbocycles. The lowest BCUT2D eigenvalue weighted by molar-refractivity contribution is 0.425. The van der Waals surface area contributed by atoms with Crippen LogP contribution in [0.25, 0.3) is 0 Å². The van der Waals surface area contributed by atoms with Gasteiger partial charge >= 0.3 is 0 Å². The van der Waals surface area contributed by atoms with E-state index >= 15 is 0 Å². The number of allylic oxidation sites excluding steroid dienone is 2. The second kappa shape index (κ2) is 5.72. The van der Waals surface area contributed by atoms with E-state index in [2.05, 4.69) is 45.5 Å². The molecule has 0 unspecified atom stereocenters. The molecule has 0 fully saturated rings. The molecule has 4 rings (SSSR count). The minimum absolute atomic E-state index is 0.171. The van der Waals surface area contributed by atoms with E-state index in [0.29, 0.717) is 5.92 Å². The number of nitrogens with two attached hydrogens (primary N) is 1. The Kier molecular flexibility index (Phi) is 3.78. The molecule has 0 spiro atoms. The summed E-state index contributed by atoms with van der Waals surface area (Å²) in [6.07, 6.45) is 5.34. The number of sulfonamides is 1. The first kappa shape index (κ1) is 15.9. The van der Waals surface area contributed by atoms with Crippen LogP contribution in [0.1, 0.15) is 29.5 Å². The quantitative estimate of drug-likeness (QED) is 0.744. The number of halogens is 1. The number of fused-ring (bicyclic) bond motifs is 3. The van der Waals surface area contributed by atoms with Crippen LogP contribution in [-0.4, -0.2) is 8.42 Å². The van der Waals surface area contributed by atoms with Gasteiger partial charge in [0.1, 0.15) is 0 Å². The molecule has 0 saturated heterocycles. The van der Waals surface area contributed by atoms with Crippen molar-refractivity contribution < 1.29 is 8.42 Å². The van der Waals surface area contributed by atoms with Crippen LogP contribution in [0, 0.1) is 5.92 Å². The van der Waals surface area contributed by atoms with Gasteiger partial charge in [0.25, 0.3) is 0 Å². The highest BCUT2D eigenvalue weighted by molar-refractivity contribution is 9.10. The summed E-state index contributed by atoms with van der Waals surface area (Å²) in [6, 6.07) is 13.7. The van der Waals surface area contributed by atoms with Crippen molar-refractivity contribution in [3.8, 4) is 0 Å². The minimum atomic E-state index is -3.69. The third-order valence-electron chi connectivity index (χ3n) is 4.89. The van der Waals surface area contributed by atoms with Gasteiger partial charge in [-0.15, -0.1) is 0 Å². The Hall–Kier alpha value is -1.63. The maximum atomic E-state index is 11.7. The van der Waals surface area contributed by atoms with Gasteiger partial charge in [0, 0.05) is 16.1 Å². The van der Waals surface area contributed by atoms with E-state index in [4.69, 9.17) is 5.14 Å². The van der Waals surface area contributed by atoms with Crippen LogP contribution in [0.5, 0.6) is 0 Å². The molecular weight excluding hydrogens is 388 g/mol. The van der Waals surface area contributed by atoms with Gasteiger partial charge in [-0.25, -0.2) is 13.6 Å². The summed E-state index contributed by atoms with van der Waals surface area (Å²) in [7, 11) is -3.69. The lowest BCUT2D eigenvalue weighted by atomic mass is 9.77. The molecule has 2 aromatic rings. The monoisotopic (exact) mass is 404 g/mol. The fourth-order valence-corrected chi connectivity index (χ4v) is 4.56. The highest BCUT2D eigenvalue weighted by Crippen LogP contribution is 2.50. The molecule has 2 aromatic carbocycles. The zero-order chi connectivity index (χ0) is 16.9. The van der Waals surface area contributed by atoms with E-state index in [1.807, 2.05) is 18.2 Å². The number of hydrogen-bond acceptors (Lipinski definition) is 3. The van der Waals surface area contributed by atoms with Crippen molar-refractivity contribution in [1.82, 2.24) is 0 Å². The Labute approximate surface area is 149 Å². The molecule has 124 valence electrons. The first-order chi connectivity index (χ1) is 11.4. The summed E-state index contributed by atoms with van der Waals surface area (Å²) < 4.78 is 24.4.